The zero-order valence-electron chi connectivity index (χ0n) is 12.1. The van der Waals surface area contributed by atoms with Gasteiger partial charge in [0, 0.05) is 19.7 Å². The third kappa shape index (κ3) is 4.92. The van der Waals surface area contributed by atoms with Gasteiger partial charge in [-0.2, -0.15) is 0 Å². The summed E-state index contributed by atoms with van der Waals surface area (Å²) < 4.78 is 5.04. The summed E-state index contributed by atoms with van der Waals surface area (Å²) in [5, 5.41) is 55.8. The van der Waals surface area contributed by atoms with E-state index in [1.807, 2.05) is 0 Å². The first-order valence-electron chi connectivity index (χ1n) is 6.72. The Morgan fingerprint density at radius 1 is 1.00 bits per heavy atom. The maximum atomic E-state index is 9.81. The van der Waals surface area contributed by atoms with E-state index in [0.29, 0.717) is 5.69 Å². The van der Waals surface area contributed by atoms with Gasteiger partial charge in [0.25, 0.3) is 0 Å². The lowest BCUT2D eigenvalue weighted by molar-refractivity contribution is -0.0790. The van der Waals surface area contributed by atoms with Crippen molar-refractivity contribution in [3.8, 4) is 0 Å². The number of aromatic nitrogens is 2. The van der Waals surface area contributed by atoms with Gasteiger partial charge in [-0.1, -0.05) is 0 Å². The molecular weight excluding hydrogens is 296 g/mol. The van der Waals surface area contributed by atoms with Crippen molar-refractivity contribution in [2.75, 3.05) is 20.3 Å². The molecule has 1 rings (SSSR count). The van der Waals surface area contributed by atoms with E-state index in [1.54, 1.807) is 0 Å². The van der Waals surface area contributed by atoms with Crippen LogP contribution in [0.2, 0.25) is 0 Å². The zero-order chi connectivity index (χ0) is 16.7. The molecule has 1 aromatic heterocycles. The van der Waals surface area contributed by atoms with Gasteiger partial charge >= 0.3 is 0 Å². The molecule has 0 aliphatic rings. The standard InChI is InChI=1S/C13H22N2O7/c1-22-11(9(18)5-16)2-7-3-15-8(4-14-7)12(20)13(21)10(19)6-17/h3-4,9-13,16-21H,2,5-6H2,1H3/t9-,10-,11-,12-,13-/m1/s1. The van der Waals surface area contributed by atoms with Crippen LogP contribution >= 0.6 is 0 Å². The lowest BCUT2D eigenvalue weighted by atomic mass is 10.1. The molecule has 126 valence electrons. The quantitative estimate of drug-likeness (QED) is 0.282. The van der Waals surface area contributed by atoms with E-state index < -0.39 is 43.7 Å². The minimum Gasteiger partial charge on any atom is -0.394 e. The van der Waals surface area contributed by atoms with Crippen LogP contribution in [0, 0.1) is 0 Å². The number of aliphatic hydroxyl groups is 6. The van der Waals surface area contributed by atoms with Crippen molar-refractivity contribution in [1.29, 1.82) is 0 Å². The molecule has 1 aromatic rings. The molecule has 0 radical (unpaired) electrons. The van der Waals surface area contributed by atoms with Gasteiger partial charge in [-0.15, -0.1) is 0 Å². The van der Waals surface area contributed by atoms with Crippen molar-refractivity contribution in [1.82, 2.24) is 9.97 Å². The highest BCUT2D eigenvalue weighted by molar-refractivity contribution is 5.08. The number of rotatable bonds is 9. The lowest BCUT2D eigenvalue weighted by Crippen LogP contribution is -2.35. The number of nitrogens with zero attached hydrogens (tertiary/aromatic N) is 2. The largest absolute Gasteiger partial charge is 0.394 e. The summed E-state index contributed by atoms with van der Waals surface area (Å²) in [4.78, 5) is 7.95. The predicted octanol–water partition coefficient (Wildman–Crippen LogP) is -2.87. The average Bonchev–Trinajstić information content (AvgIpc) is 2.57. The summed E-state index contributed by atoms with van der Waals surface area (Å²) in [6.45, 7) is -1.15. The highest BCUT2D eigenvalue weighted by Gasteiger charge is 2.27. The van der Waals surface area contributed by atoms with Crippen LogP contribution in [-0.4, -0.2) is 85.3 Å². The van der Waals surface area contributed by atoms with Gasteiger partial charge in [-0.3, -0.25) is 9.97 Å². The third-order valence-corrected chi connectivity index (χ3v) is 3.26. The number of ether oxygens (including phenoxy) is 1. The maximum absolute atomic E-state index is 9.81. The van der Waals surface area contributed by atoms with Crippen LogP contribution in [0.1, 0.15) is 17.5 Å². The SMILES string of the molecule is CO[C@H](Cc1cnc([C@@H](O)[C@H](O)[C@H](O)CO)cn1)[C@H](O)CO. The summed E-state index contributed by atoms with van der Waals surface area (Å²) in [5.41, 5.74) is 0.480. The number of methoxy groups -OCH3 is 1. The van der Waals surface area contributed by atoms with Crippen LogP contribution < -0.4 is 0 Å². The van der Waals surface area contributed by atoms with Gasteiger partial charge in [0.05, 0.1) is 36.9 Å². The molecule has 0 aliphatic carbocycles. The molecule has 5 atom stereocenters. The molecule has 0 bridgehead atoms. The second-order valence-corrected chi connectivity index (χ2v) is 4.85. The summed E-state index contributed by atoms with van der Waals surface area (Å²) >= 11 is 0. The summed E-state index contributed by atoms with van der Waals surface area (Å²) in [7, 11) is 1.39. The van der Waals surface area contributed by atoms with Crippen molar-refractivity contribution in [3.05, 3.63) is 23.8 Å². The van der Waals surface area contributed by atoms with Crippen LogP contribution in [0.3, 0.4) is 0 Å². The van der Waals surface area contributed by atoms with Crippen molar-refractivity contribution in [2.24, 2.45) is 0 Å². The van der Waals surface area contributed by atoms with Crippen LogP contribution in [0.25, 0.3) is 0 Å². The molecule has 0 unspecified atom stereocenters. The molecule has 1 heterocycles. The van der Waals surface area contributed by atoms with Crippen molar-refractivity contribution in [3.63, 3.8) is 0 Å². The second-order valence-electron chi connectivity index (χ2n) is 4.85. The van der Waals surface area contributed by atoms with Crippen LogP contribution in [-0.2, 0) is 11.2 Å². The first-order chi connectivity index (χ1) is 10.4. The number of aliphatic hydroxyl groups excluding tert-OH is 6. The van der Waals surface area contributed by atoms with Gasteiger partial charge in [0.1, 0.15) is 24.4 Å². The van der Waals surface area contributed by atoms with Gasteiger partial charge in [-0.05, 0) is 0 Å². The minimum absolute atomic E-state index is 0.0282. The molecular formula is C13H22N2O7. The first-order valence-corrected chi connectivity index (χ1v) is 6.72. The van der Waals surface area contributed by atoms with E-state index in [9.17, 15) is 20.4 Å². The Kier molecular flexibility index (Phi) is 7.76. The minimum atomic E-state index is -1.59. The normalized spacial score (nSPS) is 18.5. The summed E-state index contributed by atoms with van der Waals surface area (Å²) in [5.74, 6) is 0. The Bertz CT molecular complexity index is 431. The Hall–Kier alpha value is -1.20. The topological polar surface area (TPSA) is 156 Å². The average molecular weight is 318 g/mol. The fraction of sp³-hybridized carbons (Fsp3) is 0.692. The molecule has 6 N–H and O–H groups in total. The van der Waals surface area contributed by atoms with Crippen LogP contribution in [0.4, 0.5) is 0 Å². The Balaban J connectivity index is 2.73. The van der Waals surface area contributed by atoms with E-state index in [1.165, 1.54) is 19.5 Å². The molecule has 9 heteroatoms. The molecule has 0 aromatic carbocycles. The van der Waals surface area contributed by atoms with E-state index in [0.717, 1.165) is 0 Å². The van der Waals surface area contributed by atoms with Gasteiger partial charge < -0.3 is 35.4 Å². The molecule has 0 fully saturated rings. The van der Waals surface area contributed by atoms with E-state index in [-0.39, 0.29) is 12.1 Å². The first kappa shape index (κ1) is 18.8. The highest BCUT2D eigenvalue weighted by Crippen LogP contribution is 2.17. The molecule has 0 saturated carbocycles. The summed E-state index contributed by atoms with van der Waals surface area (Å²) in [6, 6.07) is 0. The zero-order valence-corrected chi connectivity index (χ0v) is 12.1. The smallest absolute Gasteiger partial charge is 0.126 e. The molecule has 0 amide bonds. The number of hydrogen-bond acceptors (Lipinski definition) is 9. The lowest BCUT2D eigenvalue weighted by Gasteiger charge is -2.21. The predicted molar refractivity (Wildman–Crippen MR) is 73.7 cm³/mol. The van der Waals surface area contributed by atoms with Crippen molar-refractivity contribution in [2.45, 2.75) is 36.9 Å². The molecule has 22 heavy (non-hydrogen) atoms. The van der Waals surface area contributed by atoms with Crippen LogP contribution in [0.15, 0.2) is 12.4 Å². The Morgan fingerprint density at radius 3 is 2.09 bits per heavy atom. The Morgan fingerprint density at radius 2 is 1.64 bits per heavy atom. The molecule has 0 aliphatic heterocycles. The van der Waals surface area contributed by atoms with E-state index in [2.05, 4.69) is 9.97 Å². The monoisotopic (exact) mass is 318 g/mol. The number of hydrogen-bond donors (Lipinski definition) is 6. The van der Waals surface area contributed by atoms with Gasteiger partial charge in [0.2, 0.25) is 0 Å². The van der Waals surface area contributed by atoms with E-state index in [4.69, 9.17) is 14.9 Å². The van der Waals surface area contributed by atoms with Gasteiger partial charge in [0.15, 0.2) is 0 Å². The Labute approximate surface area is 127 Å². The third-order valence-electron chi connectivity index (χ3n) is 3.26. The van der Waals surface area contributed by atoms with Crippen molar-refractivity contribution < 1.29 is 35.4 Å². The van der Waals surface area contributed by atoms with Crippen molar-refractivity contribution >= 4 is 0 Å². The molecule has 0 saturated heterocycles. The fourth-order valence-electron chi connectivity index (χ4n) is 1.82. The molecule has 0 spiro atoms. The van der Waals surface area contributed by atoms with Gasteiger partial charge in [-0.25, -0.2) is 0 Å². The van der Waals surface area contributed by atoms with Crippen LogP contribution in [0.5, 0.6) is 0 Å². The molecule has 9 nitrogen and oxygen atoms in total. The van der Waals surface area contributed by atoms with E-state index >= 15 is 0 Å². The maximum Gasteiger partial charge on any atom is 0.126 e. The highest BCUT2D eigenvalue weighted by atomic mass is 16.5. The fourth-order valence-corrected chi connectivity index (χ4v) is 1.82. The second kappa shape index (κ2) is 9.06. The summed E-state index contributed by atoms with van der Waals surface area (Å²) in [6.07, 6.45) is -3.55.